The summed E-state index contributed by atoms with van der Waals surface area (Å²) >= 11 is 0. The molecule has 1 atom stereocenters. The van der Waals surface area contributed by atoms with E-state index in [4.69, 9.17) is 10.5 Å². The Hall–Kier alpha value is -1.84. The Morgan fingerprint density at radius 1 is 1.00 bits per heavy atom. The molecular weight excluding hydrogens is 250 g/mol. The van der Waals surface area contributed by atoms with E-state index in [1.165, 1.54) is 0 Å². The number of hydrogen-bond donors (Lipinski definition) is 2. The molecule has 2 aromatic rings. The Bertz CT molecular complexity index is 537. The number of nitrogens with two attached hydrogens (primary N) is 1. The summed E-state index contributed by atoms with van der Waals surface area (Å²) in [5, 5.41) is 10.9. The summed E-state index contributed by atoms with van der Waals surface area (Å²) in [6.07, 6.45) is 0.128. The molecule has 0 heterocycles. The minimum Gasteiger partial charge on any atom is -0.491 e. The molecule has 2 aromatic carbocycles. The fraction of sp³-hybridized carbons (Fsp3) is 0.294. The highest BCUT2D eigenvalue weighted by atomic mass is 16.5. The van der Waals surface area contributed by atoms with Crippen LogP contribution in [0.2, 0.25) is 0 Å². The van der Waals surface area contributed by atoms with Gasteiger partial charge in [0.25, 0.3) is 0 Å². The molecule has 3 nitrogen and oxygen atoms in total. The van der Waals surface area contributed by atoms with Crippen molar-refractivity contribution in [3.63, 3.8) is 0 Å². The van der Waals surface area contributed by atoms with Crippen LogP contribution < -0.4 is 10.5 Å². The van der Waals surface area contributed by atoms with E-state index in [1.54, 1.807) is 0 Å². The highest BCUT2D eigenvalue weighted by molar-refractivity contribution is 5.39. The van der Waals surface area contributed by atoms with Gasteiger partial charge < -0.3 is 15.6 Å². The number of hydrogen-bond acceptors (Lipinski definition) is 3. The van der Waals surface area contributed by atoms with Crippen LogP contribution in [-0.2, 0) is 5.60 Å². The third-order valence-electron chi connectivity index (χ3n) is 3.25. The van der Waals surface area contributed by atoms with Gasteiger partial charge in [0.1, 0.15) is 11.4 Å². The lowest BCUT2D eigenvalue weighted by molar-refractivity contribution is 0.0901. The molecule has 2 rings (SSSR count). The Labute approximate surface area is 120 Å². The lowest BCUT2D eigenvalue weighted by Gasteiger charge is -2.28. The van der Waals surface area contributed by atoms with Crippen LogP contribution >= 0.6 is 0 Å². The van der Waals surface area contributed by atoms with Crippen LogP contribution in [0.25, 0.3) is 0 Å². The third kappa shape index (κ3) is 3.00. The van der Waals surface area contributed by atoms with E-state index in [-0.39, 0.29) is 12.6 Å². The van der Waals surface area contributed by atoms with Gasteiger partial charge in [0, 0.05) is 6.54 Å². The van der Waals surface area contributed by atoms with Gasteiger partial charge in [-0.2, -0.15) is 0 Å². The van der Waals surface area contributed by atoms with E-state index in [0.29, 0.717) is 0 Å². The summed E-state index contributed by atoms with van der Waals surface area (Å²) in [4.78, 5) is 0. The second-order valence-corrected chi connectivity index (χ2v) is 5.12. The van der Waals surface area contributed by atoms with Crippen LogP contribution in [0.4, 0.5) is 0 Å². The molecular formula is C17H21NO2. The topological polar surface area (TPSA) is 55.5 Å². The van der Waals surface area contributed by atoms with Crippen molar-refractivity contribution in [2.24, 2.45) is 5.73 Å². The van der Waals surface area contributed by atoms with Crippen LogP contribution in [0, 0.1) is 0 Å². The van der Waals surface area contributed by atoms with Crippen LogP contribution in [0.1, 0.15) is 25.0 Å². The smallest absolute Gasteiger partial charge is 0.127 e. The number of benzene rings is 2. The zero-order valence-corrected chi connectivity index (χ0v) is 11.9. The van der Waals surface area contributed by atoms with Crippen molar-refractivity contribution in [2.45, 2.75) is 25.6 Å². The van der Waals surface area contributed by atoms with Gasteiger partial charge >= 0.3 is 0 Å². The van der Waals surface area contributed by atoms with Gasteiger partial charge in [0.15, 0.2) is 0 Å². The standard InChI is InChI=1S/C17H21NO2/c1-13(2)20-16-10-8-15(9-11-16)17(19,12-18)14-6-4-3-5-7-14/h3-11,13,19H,12,18H2,1-2H3. The molecule has 0 amide bonds. The maximum absolute atomic E-state index is 10.9. The fourth-order valence-corrected chi connectivity index (χ4v) is 2.20. The van der Waals surface area contributed by atoms with Crippen LogP contribution in [0.3, 0.4) is 0 Å². The maximum atomic E-state index is 10.9. The van der Waals surface area contributed by atoms with Gasteiger partial charge in [-0.15, -0.1) is 0 Å². The second kappa shape index (κ2) is 6.07. The zero-order chi connectivity index (χ0) is 14.6. The summed E-state index contributed by atoms with van der Waals surface area (Å²) in [6.45, 7) is 4.09. The van der Waals surface area contributed by atoms with Crippen molar-refractivity contribution in [1.82, 2.24) is 0 Å². The summed E-state index contributed by atoms with van der Waals surface area (Å²) in [6, 6.07) is 16.9. The normalized spacial score (nSPS) is 14.1. The molecule has 0 aliphatic carbocycles. The summed E-state index contributed by atoms with van der Waals surface area (Å²) in [5.41, 5.74) is 6.20. The van der Waals surface area contributed by atoms with Gasteiger partial charge in [-0.25, -0.2) is 0 Å². The first-order valence-electron chi connectivity index (χ1n) is 6.81. The first kappa shape index (κ1) is 14.6. The number of aliphatic hydroxyl groups is 1. The van der Waals surface area contributed by atoms with Gasteiger partial charge in [-0.05, 0) is 37.1 Å². The van der Waals surface area contributed by atoms with Crippen LogP contribution in [0.5, 0.6) is 5.75 Å². The van der Waals surface area contributed by atoms with E-state index in [9.17, 15) is 5.11 Å². The quantitative estimate of drug-likeness (QED) is 0.879. The average molecular weight is 271 g/mol. The molecule has 0 spiro atoms. The number of rotatable bonds is 5. The lowest BCUT2D eigenvalue weighted by Crippen LogP contribution is -2.36. The Balaban J connectivity index is 2.32. The minimum atomic E-state index is -1.17. The Morgan fingerprint density at radius 2 is 1.55 bits per heavy atom. The van der Waals surface area contributed by atoms with Crippen molar-refractivity contribution >= 4 is 0 Å². The van der Waals surface area contributed by atoms with E-state index in [0.717, 1.165) is 16.9 Å². The highest BCUT2D eigenvalue weighted by Crippen LogP contribution is 2.29. The van der Waals surface area contributed by atoms with Gasteiger partial charge in [-0.3, -0.25) is 0 Å². The van der Waals surface area contributed by atoms with Crippen molar-refractivity contribution in [1.29, 1.82) is 0 Å². The predicted octanol–water partition coefficient (Wildman–Crippen LogP) is 2.67. The molecule has 0 radical (unpaired) electrons. The fourth-order valence-electron chi connectivity index (χ4n) is 2.20. The molecule has 20 heavy (non-hydrogen) atoms. The molecule has 3 N–H and O–H groups in total. The second-order valence-electron chi connectivity index (χ2n) is 5.12. The molecule has 0 saturated heterocycles. The van der Waals surface area contributed by atoms with E-state index in [1.807, 2.05) is 68.4 Å². The van der Waals surface area contributed by atoms with Gasteiger partial charge in [0.05, 0.1) is 6.10 Å². The van der Waals surface area contributed by atoms with E-state index < -0.39 is 5.60 Å². The highest BCUT2D eigenvalue weighted by Gasteiger charge is 2.29. The van der Waals surface area contributed by atoms with Crippen molar-refractivity contribution < 1.29 is 9.84 Å². The van der Waals surface area contributed by atoms with Crippen molar-refractivity contribution in [2.75, 3.05) is 6.54 Å². The molecule has 3 heteroatoms. The van der Waals surface area contributed by atoms with E-state index >= 15 is 0 Å². The van der Waals surface area contributed by atoms with Crippen LogP contribution in [0.15, 0.2) is 54.6 Å². The molecule has 0 fully saturated rings. The summed E-state index contributed by atoms with van der Waals surface area (Å²) in [5.74, 6) is 0.788. The van der Waals surface area contributed by atoms with Gasteiger partial charge in [0.2, 0.25) is 0 Å². The molecule has 0 bridgehead atoms. The molecule has 0 aromatic heterocycles. The first-order chi connectivity index (χ1) is 9.56. The minimum absolute atomic E-state index is 0.126. The first-order valence-corrected chi connectivity index (χ1v) is 6.81. The molecule has 0 saturated carbocycles. The van der Waals surface area contributed by atoms with Crippen molar-refractivity contribution in [3.05, 3.63) is 65.7 Å². The van der Waals surface area contributed by atoms with Gasteiger partial charge in [-0.1, -0.05) is 42.5 Å². The zero-order valence-electron chi connectivity index (χ0n) is 11.9. The van der Waals surface area contributed by atoms with E-state index in [2.05, 4.69) is 0 Å². The van der Waals surface area contributed by atoms with Crippen molar-refractivity contribution in [3.8, 4) is 5.75 Å². The molecule has 1 unspecified atom stereocenters. The summed E-state index contributed by atoms with van der Waals surface area (Å²) < 4.78 is 5.61. The maximum Gasteiger partial charge on any atom is 0.127 e. The Morgan fingerprint density at radius 3 is 2.05 bits per heavy atom. The van der Waals surface area contributed by atoms with Crippen LogP contribution in [-0.4, -0.2) is 17.8 Å². The Kier molecular flexibility index (Phi) is 4.42. The molecule has 0 aliphatic heterocycles. The monoisotopic (exact) mass is 271 g/mol. The number of ether oxygens (including phenoxy) is 1. The third-order valence-corrected chi connectivity index (χ3v) is 3.25. The predicted molar refractivity (Wildman–Crippen MR) is 80.7 cm³/mol. The largest absolute Gasteiger partial charge is 0.491 e. The molecule has 106 valence electrons. The SMILES string of the molecule is CC(C)Oc1ccc(C(O)(CN)c2ccccc2)cc1. The summed E-state index contributed by atoms with van der Waals surface area (Å²) in [7, 11) is 0. The molecule has 0 aliphatic rings. The average Bonchev–Trinajstić information content (AvgIpc) is 2.47. The lowest BCUT2D eigenvalue weighted by atomic mass is 9.86.